The summed E-state index contributed by atoms with van der Waals surface area (Å²) in [4.78, 5) is 0. The first-order chi connectivity index (χ1) is 5.80. The third kappa shape index (κ3) is 3.42. The van der Waals surface area contributed by atoms with Crippen LogP contribution < -0.4 is 0 Å². The van der Waals surface area contributed by atoms with E-state index in [0.717, 1.165) is 5.92 Å². The summed E-state index contributed by atoms with van der Waals surface area (Å²) < 4.78 is 0. The number of rotatable bonds is 0. The Hall–Kier alpha value is -0.260. The maximum Gasteiger partial charge on any atom is -0.0234 e. The standard InChI is InChI=1S/C12H22/c1-11-9-7-5-3-4-6-8-10-12(11)2/h12H,1,3-10H2,2H3. The molecule has 1 aliphatic rings. The highest BCUT2D eigenvalue weighted by Crippen LogP contribution is 2.24. The molecule has 0 spiro atoms. The Morgan fingerprint density at radius 3 is 2.33 bits per heavy atom. The summed E-state index contributed by atoms with van der Waals surface area (Å²) in [6.07, 6.45) is 11.2. The molecule has 1 fully saturated rings. The maximum atomic E-state index is 4.17. The molecule has 0 radical (unpaired) electrons. The van der Waals surface area contributed by atoms with E-state index in [1.807, 2.05) is 0 Å². The van der Waals surface area contributed by atoms with Crippen LogP contribution in [0, 0.1) is 5.92 Å². The lowest BCUT2D eigenvalue weighted by molar-refractivity contribution is 0.489. The second kappa shape index (κ2) is 5.40. The van der Waals surface area contributed by atoms with Gasteiger partial charge >= 0.3 is 0 Å². The van der Waals surface area contributed by atoms with Crippen molar-refractivity contribution in [3.8, 4) is 0 Å². The van der Waals surface area contributed by atoms with Crippen LogP contribution in [-0.4, -0.2) is 0 Å². The third-order valence-electron chi connectivity index (χ3n) is 3.08. The van der Waals surface area contributed by atoms with Gasteiger partial charge in [0.1, 0.15) is 0 Å². The summed E-state index contributed by atoms with van der Waals surface area (Å²) in [5, 5.41) is 0. The molecule has 0 saturated heterocycles. The van der Waals surface area contributed by atoms with Crippen molar-refractivity contribution in [2.75, 3.05) is 0 Å². The van der Waals surface area contributed by atoms with Crippen molar-refractivity contribution in [1.29, 1.82) is 0 Å². The Labute approximate surface area is 77.1 Å². The van der Waals surface area contributed by atoms with Crippen LogP contribution in [0.3, 0.4) is 0 Å². The third-order valence-corrected chi connectivity index (χ3v) is 3.08. The lowest BCUT2D eigenvalue weighted by atomic mass is 9.90. The van der Waals surface area contributed by atoms with Crippen molar-refractivity contribution in [3.05, 3.63) is 12.2 Å². The lowest BCUT2D eigenvalue weighted by Gasteiger charge is -2.16. The van der Waals surface area contributed by atoms with E-state index in [-0.39, 0.29) is 0 Å². The van der Waals surface area contributed by atoms with Gasteiger partial charge in [-0.2, -0.15) is 0 Å². The van der Waals surface area contributed by atoms with E-state index in [4.69, 9.17) is 0 Å². The van der Waals surface area contributed by atoms with Crippen molar-refractivity contribution >= 4 is 0 Å². The minimum atomic E-state index is 0.781. The first-order valence-corrected chi connectivity index (χ1v) is 5.48. The molecule has 0 bridgehead atoms. The van der Waals surface area contributed by atoms with E-state index in [0.29, 0.717) is 0 Å². The topological polar surface area (TPSA) is 0 Å². The molecule has 0 aromatic carbocycles. The highest BCUT2D eigenvalue weighted by Gasteiger charge is 2.07. The van der Waals surface area contributed by atoms with Gasteiger partial charge in [0, 0.05) is 0 Å². The van der Waals surface area contributed by atoms with Gasteiger partial charge in [0.05, 0.1) is 0 Å². The van der Waals surface area contributed by atoms with Gasteiger partial charge in [0.15, 0.2) is 0 Å². The Balaban J connectivity index is 2.31. The van der Waals surface area contributed by atoms with Crippen LogP contribution in [0.2, 0.25) is 0 Å². The average Bonchev–Trinajstić information content (AvgIpc) is 2.08. The van der Waals surface area contributed by atoms with Crippen molar-refractivity contribution in [2.45, 2.75) is 58.3 Å². The van der Waals surface area contributed by atoms with Crippen LogP contribution >= 0.6 is 0 Å². The molecule has 0 amide bonds. The van der Waals surface area contributed by atoms with Crippen LogP contribution in [0.5, 0.6) is 0 Å². The number of hydrogen-bond acceptors (Lipinski definition) is 0. The second-order valence-corrected chi connectivity index (χ2v) is 4.22. The Kier molecular flexibility index (Phi) is 4.42. The van der Waals surface area contributed by atoms with E-state index < -0.39 is 0 Å². The molecule has 0 heterocycles. The second-order valence-electron chi connectivity index (χ2n) is 4.22. The molecule has 0 heteroatoms. The van der Waals surface area contributed by atoms with Crippen LogP contribution in [-0.2, 0) is 0 Å². The molecule has 0 N–H and O–H groups in total. The zero-order chi connectivity index (χ0) is 8.81. The predicted octanol–water partition coefficient (Wildman–Crippen LogP) is 4.31. The van der Waals surface area contributed by atoms with E-state index in [2.05, 4.69) is 13.5 Å². The molecule has 70 valence electrons. The van der Waals surface area contributed by atoms with Gasteiger partial charge in [0.2, 0.25) is 0 Å². The van der Waals surface area contributed by atoms with E-state index in [1.54, 1.807) is 0 Å². The van der Waals surface area contributed by atoms with Gasteiger partial charge in [-0.1, -0.05) is 51.2 Å². The Morgan fingerprint density at radius 2 is 1.58 bits per heavy atom. The van der Waals surface area contributed by atoms with Gasteiger partial charge < -0.3 is 0 Å². The first kappa shape index (κ1) is 9.83. The molecule has 1 aliphatic carbocycles. The smallest absolute Gasteiger partial charge is 0.0234 e. The normalized spacial score (nSPS) is 28.4. The molecule has 0 aliphatic heterocycles. The van der Waals surface area contributed by atoms with Gasteiger partial charge in [0.25, 0.3) is 0 Å². The molecule has 1 unspecified atom stereocenters. The number of hydrogen-bond donors (Lipinski definition) is 0. The summed E-state index contributed by atoms with van der Waals surface area (Å²) in [5.41, 5.74) is 1.50. The van der Waals surface area contributed by atoms with Crippen LogP contribution in [0.15, 0.2) is 12.2 Å². The fourth-order valence-corrected chi connectivity index (χ4v) is 1.96. The lowest BCUT2D eigenvalue weighted by Crippen LogP contribution is -2.00. The Bertz CT molecular complexity index is 135. The average molecular weight is 166 g/mol. The summed E-state index contributed by atoms with van der Waals surface area (Å²) in [7, 11) is 0. The molecule has 0 nitrogen and oxygen atoms in total. The van der Waals surface area contributed by atoms with E-state index in [9.17, 15) is 0 Å². The van der Waals surface area contributed by atoms with Crippen LogP contribution in [0.1, 0.15) is 58.3 Å². The fourth-order valence-electron chi connectivity index (χ4n) is 1.96. The van der Waals surface area contributed by atoms with Crippen molar-refractivity contribution < 1.29 is 0 Å². The SMILES string of the molecule is C=C1CCCCCCCCC1C. The minimum Gasteiger partial charge on any atom is -0.0996 e. The monoisotopic (exact) mass is 166 g/mol. The predicted molar refractivity (Wildman–Crippen MR) is 55.2 cm³/mol. The quantitative estimate of drug-likeness (QED) is 0.470. The zero-order valence-corrected chi connectivity index (χ0v) is 8.44. The van der Waals surface area contributed by atoms with Crippen LogP contribution in [0.4, 0.5) is 0 Å². The molecule has 1 atom stereocenters. The fraction of sp³-hybridized carbons (Fsp3) is 0.833. The largest absolute Gasteiger partial charge is 0.0996 e. The number of allylic oxidation sites excluding steroid dienone is 1. The first-order valence-electron chi connectivity index (χ1n) is 5.48. The minimum absolute atomic E-state index is 0.781. The van der Waals surface area contributed by atoms with Crippen molar-refractivity contribution in [2.24, 2.45) is 5.92 Å². The zero-order valence-electron chi connectivity index (χ0n) is 8.44. The summed E-state index contributed by atoms with van der Waals surface area (Å²) in [6, 6.07) is 0. The van der Waals surface area contributed by atoms with Gasteiger partial charge in [-0.05, 0) is 25.2 Å². The van der Waals surface area contributed by atoms with Gasteiger partial charge in [-0.3, -0.25) is 0 Å². The van der Waals surface area contributed by atoms with Gasteiger partial charge in [-0.25, -0.2) is 0 Å². The van der Waals surface area contributed by atoms with Crippen molar-refractivity contribution in [3.63, 3.8) is 0 Å². The highest BCUT2D eigenvalue weighted by molar-refractivity contribution is 4.98. The maximum absolute atomic E-state index is 4.17. The Morgan fingerprint density at radius 1 is 1.00 bits per heavy atom. The molecule has 0 aromatic rings. The molecule has 0 aromatic heterocycles. The van der Waals surface area contributed by atoms with E-state index in [1.165, 1.54) is 56.9 Å². The summed E-state index contributed by atoms with van der Waals surface area (Å²) in [5.74, 6) is 0.781. The summed E-state index contributed by atoms with van der Waals surface area (Å²) in [6.45, 7) is 6.51. The summed E-state index contributed by atoms with van der Waals surface area (Å²) >= 11 is 0. The van der Waals surface area contributed by atoms with E-state index >= 15 is 0 Å². The molecule has 12 heavy (non-hydrogen) atoms. The molecule has 1 rings (SSSR count). The molecular formula is C12H22. The highest BCUT2D eigenvalue weighted by atomic mass is 14.1. The van der Waals surface area contributed by atoms with Gasteiger partial charge in [-0.15, -0.1) is 0 Å². The molecular weight excluding hydrogens is 144 g/mol. The molecule has 1 saturated carbocycles. The van der Waals surface area contributed by atoms with Crippen LogP contribution in [0.25, 0.3) is 0 Å². The van der Waals surface area contributed by atoms with Crippen molar-refractivity contribution in [1.82, 2.24) is 0 Å².